The number of ether oxygens (including phenoxy) is 1. The first-order chi connectivity index (χ1) is 14.5. The normalized spacial score (nSPS) is 20.2. The summed E-state index contributed by atoms with van der Waals surface area (Å²) in [6.45, 7) is 9.78. The first-order valence-electron chi connectivity index (χ1n) is 9.93. The van der Waals surface area contributed by atoms with E-state index in [0.29, 0.717) is 33.4 Å². The maximum atomic E-state index is 13.1. The van der Waals surface area contributed by atoms with Gasteiger partial charge in [-0.3, -0.25) is 9.80 Å². The lowest BCUT2D eigenvalue weighted by Crippen LogP contribution is -2.52. The molecule has 0 spiro atoms. The number of rotatable bonds is 7. The largest absolute Gasteiger partial charge is 0.463 e. The summed E-state index contributed by atoms with van der Waals surface area (Å²) in [5.41, 5.74) is 1.57. The number of esters is 1. The fourth-order valence-corrected chi connectivity index (χ4v) is 4.21. The Hall–Kier alpha value is -2.06. The molecule has 162 valence electrons. The molecule has 30 heavy (non-hydrogen) atoms. The van der Waals surface area contributed by atoms with Crippen molar-refractivity contribution >= 4 is 35.2 Å². The molecule has 3 rings (SSSR count). The zero-order chi connectivity index (χ0) is 21.7. The van der Waals surface area contributed by atoms with Crippen LogP contribution in [0.25, 0.3) is 0 Å². The molecule has 1 aromatic rings. The Morgan fingerprint density at radius 1 is 1.33 bits per heavy atom. The van der Waals surface area contributed by atoms with E-state index < -0.39 is 12.0 Å². The highest BCUT2D eigenvalue weighted by atomic mass is 35.5. The Morgan fingerprint density at radius 3 is 2.70 bits per heavy atom. The number of carbonyl (C=O) groups is 2. The molecule has 9 heteroatoms. The van der Waals surface area contributed by atoms with Crippen molar-refractivity contribution in [2.24, 2.45) is 0 Å². The summed E-state index contributed by atoms with van der Waals surface area (Å²) in [4.78, 5) is 29.8. The molecule has 0 aromatic heterocycles. The third-order valence-corrected chi connectivity index (χ3v) is 5.66. The summed E-state index contributed by atoms with van der Waals surface area (Å²) in [5, 5.41) is 7.06. The van der Waals surface area contributed by atoms with Crippen molar-refractivity contribution in [3.8, 4) is 0 Å². The summed E-state index contributed by atoms with van der Waals surface area (Å²) in [7, 11) is 0. The molecule has 2 N–H and O–H groups in total. The molecule has 1 saturated heterocycles. The third-order valence-electron chi connectivity index (χ3n) is 5.10. The van der Waals surface area contributed by atoms with Gasteiger partial charge in [-0.1, -0.05) is 35.3 Å². The van der Waals surface area contributed by atoms with Crippen LogP contribution in [0.5, 0.6) is 0 Å². The molecule has 2 aliphatic heterocycles. The average molecular weight is 453 g/mol. The zero-order valence-corrected chi connectivity index (χ0v) is 18.4. The van der Waals surface area contributed by atoms with E-state index in [1.165, 1.54) is 0 Å². The van der Waals surface area contributed by atoms with Gasteiger partial charge in [0, 0.05) is 55.0 Å². The molecule has 0 saturated carbocycles. The van der Waals surface area contributed by atoms with Crippen LogP contribution in [-0.2, 0) is 9.53 Å². The number of amides is 2. The molecule has 1 unspecified atom stereocenters. The molecule has 2 heterocycles. The van der Waals surface area contributed by atoms with Crippen LogP contribution in [0.1, 0.15) is 18.5 Å². The molecule has 0 bridgehead atoms. The smallest absolute Gasteiger partial charge is 0.338 e. The van der Waals surface area contributed by atoms with Gasteiger partial charge in [0.25, 0.3) is 0 Å². The van der Waals surface area contributed by atoms with Gasteiger partial charge in [0.1, 0.15) is 0 Å². The van der Waals surface area contributed by atoms with Gasteiger partial charge in [-0.05, 0) is 24.6 Å². The first-order valence-corrected chi connectivity index (χ1v) is 10.7. The lowest BCUT2D eigenvalue weighted by Gasteiger charge is -2.39. The monoisotopic (exact) mass is 452 g/mol. The van der Waals surface area contributed by atoms with Gasteiger partial charge in [0.15, 0.2) is 0 Å². The van der Waals surface area contributed by atoms with Crippen LogP contribution >= 0.6 is 23.2 Å². The van der Waals surface area contributed by atoms with Crippen molar-refractivity contribution in [3.05, 3.63) is 57.7 Å². The van der Waals surface area contributed by atoms with Crippen LogP contribution in [-0.4, -0.2) is 67.7 Å². The van der Waals surface area contributed by atoms with Gasteiger partial charge < -0.3 is 15.4 Å². The van der Waals surface area contributed by atoms with Crippen LogP contribution in [0, 0.1) is 0 Å². The minimum Gasteiger partial charge on any atom is -0.463 e. The Morgan fingerprint density at radius 2 is 2.07 bits per heavy atom. The maximum absolute atomic E-state index is 13.1. The number of nitrogens with one attached hydrogen (secondary N) is 2. The fourth-order valence-electron chi connectivity index (χ4n) is 3.70. The Bertz CT molecular complexity index is 853. The minimum absolute atomic E-state index is 0.222. The van der Waals surface area contributed by atoms with Gasteiger partial charge in [-0.25, -0.2) is 9.59 Å². The molecule has 0 radical (unpaired) electrons. The number of urea groups is 1. The van der Waals surface area contributed by atoms with E-state index in [1.807, 2.05) is 0 Å². The van der Waals surface area contributed by atoms with Gasteiger partial charge in [-0.2, -0.15) is 0 Å². The number of hydrogen-bond donors (Lipinski definition) is 2. The number of hydrogen-bond acceptors (Lipinski definition) is 5. The van der Waals surface area contributed by atoms with E-state index in [4.69, 9.17) is 27.9 Å². The molecule has 1 fully saturated rings. The predicted octanol–water partition coefficient (Wildman–Crippen LogP) is 2.97. The Balaban J connectivity index is 2.13. The molecular formula is C21H26Cl2N4O3. The van der Waals surface area contributed by atoms with E-state index in [0.717, 1.165) is 26.2 Å². The maximum Gasteiger partial charge on any atom is 0.338 e. The lowest BCUT2D eigenvalue weighted by molar-refractivity contribution is -0.139. The Kier molecular flexibility index (Phi) is 7.77. The molecule has 1 aromatic carbocycles. The van der Waals surface area contributed by atoms with E-state index >= 15 is 0 Å². The fraction of sp³-hybridized carbons (Fsp3) is 0.429. The summed E-state index contributed by atoms with van der Waals surface area (Å²) >= 11 is 12.5. The molecule has 7 nitrogen and oxygen atoms in total. The van der Waals surface area contributed by atoms with Crippen LogP contribution < -0.4 is 10.6 Å². The van der Waals surface area contributed by atoms with Gasteiger partial charge in [0.05, 0.1) is 18.2 Å². The molecule has 2 aliphatic rings. The van der Waals surface area contributed by atoms with Crippen LogP contribution in [0.3, 0.4) is 0 Å². The van der Waals surface area contributed by atoms with Gasteiger partial charge in [0.2, 0.25) is 0 Å². The molecule has 2 amide bonds. The van der Waals surface area contributed by atoms with Crippen molar-refractivity contribution in [2.75, 3.05) is 45.9 Å². The van der Waals surface area contributed by atoms with E-state index in [1.54, 1.807) is 36.1 Å². The number of piperazine rings is 1. The van der Waals surface area contributed by atoms with Crippen molar-refractivity contribution < 1.29 is 14.3 Å². The second-order valence-corrected chi connectivity index (χ2v) is 7.90. The minimum atomic E-state index is -0.736. The van der Waals surface area contributed by atoms with Gasteiger partial charge >= 0.3 is 12.0 Å². The number of halogens is 2. The third kappa shape index (κ3) is 4.98. The Labute approximate surface area is 186 Å². The average Bonchev–Trinajstić information content (AvgIpc) is 2.71. The van der Waals surface area contributed by atoms with E-state index in [9.17, 15) is 9.59 Å². The second kappa shape index (κ2) is 10.3. The first kappa shape index (κ1) is 22.6. The van der Waals surface area contributed by atoms with Crippen molar-refractivity contribution in [1.82, 2.24) is 20.4 Å². The van der Waals surface area contributed by atoms with Crippen molar-refractivity contribution in [1.29, 1.82) is 0 Å². The highest BCUT2D eigenvalue weighted by molar-refractivity contribution is 6.35. The highest BCUT2D eigenvalue weighted by Crippen LogP contribution is 2.36. The lowest BCUT2D eigenvalue weighted by atomic mass is 9.94. The van der Waals surface area contributed by atoms with Crippen LogP contribution in [0.4, 0.5) is 4.79 Å². The van der Waals surface area contributed by atoms with E-state index in [2.05, 4.69) is 22.1 Å². The zero-order valence-electron chi connectivity index (χ0n) is 16.9. The SMILES string of the molecule is C=CCN1C(=O)NC(c2ccc(Cl)cc2Cl)C(C(=O)OCC)=C1CN1CCNCC1. The number of benzene rings is 1. The summed E-state index contributed by atoms with van der Waals surface area (Å²) in [5.74, 6) is -0.479. The predicted molar refractivity (Wildman–Crippen MR) is 118 cm³/mol. The number of nitrogens with zero attached hydrogens (tertiary/aromatic N) is 2. The second-order valence-electron chi connectivity index (χ2n) is 7.05. The van der Waals surface area contributed by atoms with Crippen molar-refractivity contribution in [2.45, 2.75) is 13.0 Å². The van der Waals surface area contributed by atoms with Gasteiger partial charge in [-0.15, -0.1) is 6.58 Å². The summed E-state index contributed by atoms with van der Waals surface area (Å²) in [6.07, 6.45) is 1.63. The van der Waals surface area contributed by atoms with Crippen LogP contribution in [0.2, 0.25) is 10.0 Å². The molecule has 1 atom stereocenters. The standard InChI is InChI=1S/C21H26Cl2N4O3/c1-3-9-27-17(13-26-10-7-24-8-11-26)18(20(28)30-4-2)19(25-21(27)29)15-6-5-14(22)12-16(15)23/h3,5-6,12,19,24H,1,4,7-11,13H2,2H3,(H,25,29). The highest BCUT2D eigenvalue weighted by Gasteiger charge is 2.39. The topological polar surface area (TPSA) is 73.9 Å². The number of carbonyl (C=O) groups excluding carboxylic acids is 2. The molecular weight excluding hydrogens is 427 g/mol. The summed E-state index contributed by atoms with van der Waals surface area (Å²) in [6, 6.07) is 3.95. The summed E-state index contributed by atoms with van der Waals surface area (Å²) < 4.78 is 5.38. The van der Waals surface area contributed by atoms with Crippen LogP contribution in [0.15, 0.2) is 42.1 Å². The van der Waals surface area contributed by atoms with Crippen molar-refractivity contribution in [3.63, 3.8) is 0 Å². The quantitative estimate of drug-likeness (QED) is 0.491. The van der Waals surface area contributed by atoms with E-state index in [-0.39, 0.29) is 19.2 Å². The molecule has 0 aliphatic carbocycles.